The van der Waals surface area contributed by atoms with Crippen LogP contribution in [0.2, 0.25) is 0 Å². The van der Waals surface area contributed by atoms with Crippen LogP contribution in [0.1, 0.15) is 56.0 Å². The minimum atomic E-state index is -0.301. The minimum Gasteiger partial charge on any atom is -0.370 e. The van der Waals surface area contributed by atoms with Crippen molar-refractivity contribution < 1.29 is 9.53 Å². The third-order valence-corrected chi connectivity index (χ3v) is 2.89. The van der Waals surface area contributed by atoms with Gasteiger partial charge in [0.15, 0.2) is 5.78 Å². The molecule has 2 nitrogen and oxygen atoms in total. The number of ketones is 1. The molecule has 0 fully saturated rings. The Hall–Kier alpha value is -1.15. The number of hydrogen-bond acceptors (Lipinski definition) is 2. The molecule has 0 aliphatic heterocycles. The van der Waals surface area contributed by atoms with E-state index < -0.39 is 0 Å². The van der Waals surface area contributed by atoms with Crippen molar-refractivity contribution in [1.82, 2.24) is 0 Å². The van der Waals surface area contributed by atoms with Gasteiger partial charge in [0.25, 0.3) is 0 Å². The number of benzene rings is 1. The molecular weight excluding hydrogens is 212 g/mol. The summed E-state index contributed by atoms with van der Waals surface area (Å²) in [5.41, 5.74) is 2.00. The molecule has 0 spiro atoms. The van der Waals surface area contributed by atoms with Crippen LogP contribution >= 0.6 is 0 Å². The van der Waals surface area contributed by atoms with E-state index in [4.69, 9.17) is 4.74 Å². The summed E-state index contributed by atoms with van der Waals surface area (Å²) in [5.74, 6) is 0.581. The zero-order chi connectivity index (χ0) is 12.8. The molecule has 0 amide bonds. The predicted molar refractivity (Wildman–Crippen MR) is 70.6 cm³/mol. The minimum absolute atomic E-state index is 0.0876. The first-order valence-corrected chi connectivity index (χ1v) is 6.35. The van der Waals surface area contributed by atoms with Crippen molar-refractivity contribution in [3.8, 4) is 0 Å². The van der Waals surface area contributed by atoms with E-state index in [0.717, 1.165) is 12.0 Å². The molecule has 0 aromatic heterocycles. The summed E-state index contributed by atoms with van der Waals surface area (Å²) in [6.45, 7) is 8.75. The first-order chi connectivity index (χ1) is 8.10. The Morgan fingerprint density at radius 3 is 2.18 bits per heavy atom. The second kappa shape index (κ2) is 6.55. The molecule has 94 valence electrons. The van der Waals surface area contributed by atoms with Crippen LogP contribution in [-0.2, 0) is 4.74 Å². The lowest BCUT2D eigenvalue weighted by Gasteiger charge is -2.14. The predicted octanol–water partition coefficient (Wildman–Crippen LogP) is 3.81. The third-order valence-electron chi connectivity index (χ3n) is 2.89. The third kappa shape index (κ3) is 3.67. The maximum absolute atomic E-state index is 12.1. The van der Waals surface area contributed by atoms with E-state index in [1.807, 2.05) is 38.1 Å². The number of carbonyl (C=O) groups excluding carboxylic acids is 1. The highest BCUT2D eigenvalue weighted by atomic mass is 16.5. The molecule has 0 radical (unpaired) electrons. The van der Waals surface area contributed by atoms with Crippen LogP contribution in [0.3, 0.4) is 0 Å². The summed E-state index contributed by atoms with van der Waals surface area (Å²) in [6, 6.07) is 7.85. The standard InChI is InChI=1S/C15H22O2/c1-5-14(17-6-2)15(16)13-9-7-12(8-10-13)11(3)4/h7-11,14H,5-6H2,1-4H3. The molecule has 1 atom stereocenters. The van der Waals surface area contributed by atoms with Gasteiger partial charge in [-0.15, -0.1) is 0 Å². The number of carbonyl (C=O) groups is 1. The molecule has 0 saturated heterocycles. The summed E-state index contributed by atoms with van der Waals surface area (Å²) >= 11 is 0. The molecule has 0 aliphatic rings. The molecule has 0 N–H and O–H groups in total. The molecule has 1 rings (SSSR count). The highest BCUT2D eigenvalue weighted by Crippen LogP contribution is 2.16. The maximum atomic E-state index is 12.1. The summed E-state index contributed by atoms with van der Waals surface area (Å²) < 4.78 is 5.44. The monoisotopic (exact) mass is 234 g/mol. The Morgan fingerprint density at radius 1 is 1.18 bits per heavy atom. The van der Waals surface area contributed by atoms with Crippen molar-refractivity contribution >= 4 is 5.78 Å². The van der Waals surface area contributed by atoms with Gasteiger partial charge in [0.2, 0.25) is 0 Å². The molecule has 0 aliphatic carbocycles. The van der Waals surface area contributed by atoms with E-state index in [9.17, 15) is 4.79 Å². The van der Waals surface area contributed by atoms with Gasteiger partial charge in [0, 0.05) is 12.2 Å². The summed E-state index contributed by atoms with van der Waals surface area (Å²) in [7, 11) is 0. The fourth-order valence-corrected chi connectivity index (χ4v) is 1.80. The van der Waals surface area contributed by atoms with Gasteiger partial charge in [0.1, 0.15) is 6.10 Å². The lowest BCUT2D eigenvalue weighted by molar-refractivity contribution is 0.0444. The Morgan fingerprint density at radius 2 is 1.76 bits per heavy atom. The second-order valence-corrected chi connectivity index (χ2v) is 4.49. The van der Waals surface area contributed by atoms with Gasteiger partial charge in [-0.2, -0.15) is 0 Å². The van der Waals surface area contributed by atoms with Gasteiger partial charge in [0.05, 0.1) is 0 Å². The average Bonchev–Trinajstić information content (AvgIpc) is 2.35. The van der Waals surface area contributed by atoms with Crippen molar-refractivity contribution in [2.75, 3.05) is 6.61 Å². The topological polar surface area (TPSA) is 26.3 Å². The second-order valence-electron chi connectivity index (χ2n) is 4.49. The number of ether oxygens (including phenoxy) is 1. The van der Waals surface area contributed by atoms with E-state index in [-0.39, 0.29) is 11.9 Å². The zero-order valence-corrected chi connectivity index (χ0v) is 11.2. The van der Waals surface area contributed by atoms with Crippen molar-refractivity contribution in [3.05, 3.63) is 35.4 Å². The summed E-state index contributed by atoms with van der Waals surface area (Å²) in [4.78, 5) is 12.1. The smallest absolute Gasteiger partial charge is 0.191 e. The van der Waals surface area contributed by atoms with Crippen LogP contribution in [0, 0.1) is 0 Å². The summed E-state index contributed by atoms with van der Waals surface area (Å²) in [5, 5.41) is 0. The van der Waals surface area contributed by atoms with E-state index in [2.05, 4.69) is 13.8 Å². The molecule has 1 unspecified atom stereocenters. The molecule has 0 heterocycles. The highest BCUT2D eigenvalue weighted by molar-refractivity contribution is 5.99. The van der Waals surface area contributed by atoms with Gasteiger partial charge in [-0.25, -0.2) is 0 Å². The van der Waals surface area contributed by atoms with Crippen LogP contribution in [0.15, 0.2) is 24.3 Å². The lowest BCUT2D eigenvalue weighted by Crippen LogP contribution is -2.23. The Bertz CT molecular complexity index is 352. The van der Waals surface area contributed by atoms with E-state index in [1.165, 1.54) is 5.56 Å². The molecule has 0 bridgehead atoms. The number of Topliss-reactive ketones (excluding diaryl/α,β-unsaturated/α-hetero) is 1. The molecule has 1 aromatic rings. The maximum Gasteiger partial charge on any atom is 0.191 e. The quantitative estimate of drug-likeness (QED) is 0.700. The zero-order valence-electron chi connectivity index (χ0n) is 11.2. The van der Waals surface area contributed by atoms with Crippen molar-refractivity contribution in [3.63, 3.8) is 0 Å². The molecule has 0 saturated carbocycles. The largest absolute Gasteiger partial charge is 0.370 e. The van der Waals surface area contributed by atoms with Crippen LogP contribution < -0.4 is 0 Å². The van der Waals surface area contributed by atoms with Gasteiger partial charge in [-0.3, -0.25) is 4.79 Å². The fraction of sp³-hybridized carbons (Fsp3) is 0.533. The number of rotatable bonds is 6. The normalized spacial score (nSPS) is 12.8. The molecule has 2 heteroatoms. The van der Waals surface area contributed by atoms with Gasteiger partial charge < -0.3 is 4.74 Å². The van der Waals surface area contributed by atoms with Crippen LogP contribution in [0.25, 0.3) is 0 Å². The van der Waals surface area contributed by atoms with Gasteiger partial charge in [-0.05, 0) is 24.8 Å². The molecule has 17 heavy (non-hydrogen) atoms. The van der Waals surface area contributed by atoms with Gasteiger partial charge >= 0.3 is 0 Å². The van der Waals surface area contributed by atoms with Crippen molar-refractivity contribution in [1.29, 1.82) is 0 Å². The Labute approximate surface area is 104 Å². The van der Waals surface area contributed by atoms with Gasteiger partial charge in [-0.1, -0.05) is 45.0 Å². The summed E-state index contributed by atoms with van der Waals surface area (Å²) in [6.07, 6.45) is 0.420. The van der Waals surface area contributed by atoms with E-state index in [0.29, 0.717) is 12.5 Å². The van der Waals surface area contributed by atoms with Crippen molar-refractivity contribution in [2.45, 2.75) is 46.1 Å². The highest BCUT2D eigenvalue weighted by Gasteiger charge is 2.18. The van der Waals surface area contributed by atoms with Crippen LogP contribution in [0.5, 0.6) is 0 Å². The lowest BCUT2D eigenvalue weighted by atomic mass is 9.98. The molecule has 1 aromatic carbocycles. The Balaban J connectivity index is 2.81. The first-order valence-electron chi connectivity index (χ1n) is 6.35. The van der Waals surface area contributed by atoms with Crippen LogP contribution in [-0.4, -0.2) is 18.5 Å². The average molecular weight is 234 g/mol. The SMILES string of the molecule is CCOC(CC)C(=O)c1ccc(C(C)C)cc1. The van der Waals surface area contributed by atoms with Crippen molar-refractivity contribution in [2.24, 2.45) is 0 Å². The first kappa shape index (κ1) is 13.9. The fourth-order valence-electron chi connectivity index (χ4n) is 1.80. The molecular formula is C15H22O2. The Kier molecular flexibility index (Phi) is 5.36. The van der Waals surface area contributed by atoms with Crippen LogP contribution in [0.4, 0.5) is 0 Å². The van der Waals surface area contributed by atoms with E-state index >= 15 is 0 Å². The van der Waals surface area contributed by atoms with E-state index in [1.54, 1.807) is 0 Å². The number of hydrogen-bond donors (Lipinski definition) is 0.